The van der Waals surface area contributed by atoms with Gasteiger partial charge in [0, 0.05) is 33.5 Å². The Morgan fingerprint density at radius 3 is 1.34 bits per heavy atom. The first-order chi connectivity index (χ1) is 28.0. The zero-order valence-corrected chi connectivity index (χ0v) is 34.5. The van der Waals surface area contributed by atoms with Gasteiger partial charge in [-0.05, 0) is 127 Å². The fourth-order valence-corrected chi connectivity index (χ4v) is 9.23. The largest absolute Gasteiger partial charge is 0.314 e. The Balaban J connectivity index is 1.20. The van der Waals surface area contributed by atoms with Crippen molar-refractivity contribution in [3.63, 3.8) is 0 Å². The maximum Gasteiger partial charge on any atom is 0.0540 e. The maximum absolute atomic E-state index is 2.54. The Kier molecular flexibility index (Phi) is 8.46. The lowest BCUT2D eigenvalue weighted by Gasteiger charge is -2.33. The summed E-state index contributed by atoms with van der Waals surface area (Å²) in [6.07, 6.45) is 6.79. The molecule has 0 bridgehead atoms. The topological polar surface area (TPSA) is 6.48 Å². The fourth-order valence-electron chi connectivity index (χ4n) is 9.23. The summed E-state index contributed by atoms with van der Waals surface area (Å²) in [4.78, 5) is 4.99. The molecule has 0 aliphatic heterocycles. The summed E-state index contributed by atoms with van der Waals surface area (Å²) in [5, 5.41) is 12.6. The van der Waals surface area contributed by atoms with E-state index in [4.69, 9.17) is 0 Å². The standard InChI is InChI=1S/C56H50N2/c1-55(2,3)43-21-27-45(28-22-43)57(47-25-15-37-11-7-9-13-41(37)35-47)51-33-19-39-18-32-50-52(34-20-40-17-31-49(51)53(39)54(40)50)58(46-29-23-44(24-30-46)56(4,5)6)48-26-16-38-12-8-10-14-42(38)36-48/h7-23,25-29,31-36H,24,30H2,1-6H3. The molecule has 0 saturated carbocycles. The molecule has 0 N–H and O–H groups in total. The van der Waals surface area contributed by atoms with Gasteiger partial charge in [-0.25, -0.2) is 0 Å². The Morgan fingerprint density at radius 1 is 0.379 bits per heavy atom. The van der Waals surface area contributed by atoms with Crippen LogP contribution >= 0.6 is 0 Å². The Labute approximate surface area is 342 Å². The van der Waals surface area contributed by atoms with Crippen LogP contribution in [0.1, 0.15) is 59.9 Å². The van der Waals surface area contributed by atoms with Gasteiger partial charge in [0.2, 0.25) is 0 Å². The van der Waals surface area contributed by atoms with E-state index in [2.05, 4.69) is 221 Å². The highest BCUT2D eigenvalue weighted by Crippen LogP contribution is 2.48. The van der Waals surface area contributed by atoms with Gasteiger partial charge in [-0.15, -0.1) is 0 Å². The van der Waals surface area contributed by atoms with Crippen molar-refractivity contribution in [2.45, 2.75) is 59.8 Å². The van der Waals surface area contributed by atoms with Crippen LogP contribution in [0, 0.1) is 5.41 Å². The molecule has 0 radical (unpaired) electrons. The summed E-state index contributed by atoms with van der Waals surface area (Å²) < 4.78 is 0. The molecule has 0 unspecified atom stereocenters. The van der Waals surface area contributed by atoms with Crippen molar-refractivity contribution in [2.75, 3.05) is 9.80 Å². The number of fused-ring (bicyclic) bond motifs is 2. The number of hydrogen-bond acceptors (Lipinski definition) is 2. The predicted octanol–water partition coefficient (Wildman–Crippen LogP) is 16.4. The second kappa shape index (κ2) is 13.6. The lowest BCUT2D eigenvalue weighted by atomic mass is 9.81. The van der Waals surface area contributed by atoms with Crippen molar-refractivity contribution in [3.05, 3.63) is 187 Å². The number of rotatable bonds is 6. The molecule has 0 heterocycles. The molecular weight excluding hydrogens is 701 g/mol. The maximum atomic E-state index is 2.54. The second-order valence-electron chi connectivity index (χ2n) is 18.2. The van der Waals surface area contributed by atoms with Crippen molar-refractivity contribution in [1.29, 1.82) is 0 Å². The molecule has 0 fully saturated rings. The monoisotopic (exact) mass is 750 g/mol. The number of hydrogen-bond donors (Lipinski definition) is 0. The minimum absolute atomic E-state index is 0.0661. The molecule has 0 atom stereocenters. The number of anilines is 5. The smallest absolute Gasteiger partial charge is 0.0540 e. The summed E-state index contributed by atoms with van der Waals surface area (Å²) in [5.41, 5.74) is 10.2. The first-order valence-electron chi connectivity index (χ1n) is 20.8. The van der Waals surface area contributed by atoms with Crippen LogP contribution in [0.25, 0.3) is 53.9 Å². The van der Waals surface area contributed by atoms with Crippen LogP contribution in [0.3, 0.4) is 0 Å². The van der Waals surface area contributed by atoms with Crippen molar-refractivity contribution >= 4 is 82.3 Å². The summed E-state index contributed by atoms with van der Waals surface area (Å²) in [6.45, 7) is 13.8. The Bertz CT molecular complexity index is 3080. The van der Waals surface area contributed by atoms with Crippen LogP contribution in [0.5, 0.6) is 0 Å². The Morgan fingerprint density at radius 2 is 0.845 bits per heavy atom. The molecule has 10 rings (SSSR count). The highest BCUT2D eigenvalue weighted by Gasteiger charge is 2.26. The third-order valence-electron chi connectivity index (χ3n) is 12.5. The molecular formula is C56H50N2. The van der Waals surface area contributed by atoms with E-state index >= 15 is 0 Å². The van der Waals surface area contributed by atoms with Crippen molar-refractivity contribution in [3.8, 4) is 0 Å². The molecule has 0 amide bonds. The number of nitrogens with zero attached hydrogens (tertiary/aromatic N) is 2. The van der Waals surface area contributed by atoms with E-state index in [9.17, 15) is 0 Å². The number of allylic oxidation sites excluding steroid dienone is 4. The molecule has 0 saturated heterocycles. The van der Waals surface area contributed by atoms with Gasteiger partial charge in [-0.1, -0.05) is 162 Å². The van der Waals surface area contributed by atoms with Gasteiger partial charge in [0.25, 0.3) is 0 Å². The van der Waals surface area contributed by atoms with Gasteiger partial charge in [0.1, 0.15) is 0 Å². The summed E-state index contributed by atoms with van der Waals surface area (Å²) in [7, 11) is 0. The van der Waals surface area contributed by atoms with Crippen LogP contribution in [0.2, 0.25) is 0 Å². The highest BCUT2D eigenvalue weighted by atomic mass is 15.2. The average Bonchev–Trinajstić information content (AvgIpc) is 3.23. The summed E-state index contributed by atoms with van der Waals surface area (Å²) >= 11 is 0. The molecule has 9 aromatic carbocycles. The third kappa shape index (κ3) is 6.19. The second-order valence-corrected chi connectivity index (χ2v) is 18.2. The van der Waals surface area contributed by atoms with E-state index in [1.165, 1.54) is 87.8 Å². The van der Waals surface area contributed by atoms with Crippen LogP contribution in [0.15, 0.2) is 181 Å². The minimum Gasteiger partial charge on any atom is -0.314 e. The van der Waals surface area contributed by atoms with Crippen LogP contribution in [-0.2, 0) is 5.41 Å². The van der Waals surface area contributed by atoms with Gasteiger partial charge in [-0.3, -0.25) is 0 Å². The predicted molar refractivity (Wildman–Crippen MR) is 252 cm³/mol. The first-order valence-corrected chi connectivity index (χ1v) is 20.8. The van der Waals surface area contributed by atoms with Crippen LogP contribution < -0.4 is 9.80 Å². The van der Waals surface area contributed by atoms with Crippen molar-refractivity contribution in [2.24, 2.45) is 5.41 Å². The normalized spacial score (nSPS) is 13.8. The van der Waals surface area contributed by atoms with E-state index in [0.717, 1.165) is 24.2 Å². The van der Waals surface area contributed by atoms with E-state index in [0.29, 0.717) is 0 Å². The van der Waals surface area contributed by atoms with E-state index in [-0.39, 0.29) is 10.8 Å². The molecule has 284 valence electrons. The third-order valence-corrected chi connectivity index (χ3v) is 12.5. The van der Waals surface area contributed by atoms with E-state index in [1.54, 1.807) is 0 Å². The average molecular weight is 751 g/mol. The van der Waals surface area contributed by atoms with Gasteiger partial charge >= 0.3 is 0 Å². The quantitative estimate of drug-likeness (QED) is 0.156. The molecule has 2 heteroatoms. The van der Waals surface area contributed by atoms with Gasteiger partial charge in [0.15, 0.2) is 0 Å². The zero-order chi connectivity index (χ0) is 39.8. The summed E-state index contributed by atoms with van der Waals surface area (Å²) in [6, 6.07) is 59.0. The minimum atomic E-state index is 0.0661. The van der Waals surface area contributed by atoms with E-state index in [1.807, 2.05) is 0 Å². The fraction of sp³-hybridized carbons (Fsp3) is 0.179. The molecule has 0 aromatic heterocycles. The van der Waals surface area contributed by atoms with Gasteiger partial charge < -0.3 is 9.80 Å². The Hall–Kier alpha value is -6.38. The first kappa shape index (κ1) is 36.0. The lowest BCUT2D eigenvalue weighted by molar-refractivity contribution is 0.479. The molecule has 2 nitrogen and oxygen atoms in total. The highest BCUT2D eigenvalue weighted by molar-refractivity contribution is 6.28. The van der Waals surface area contributed by atoms with Gasteiger partial charge in [0.05, 0.1) is 11.4 Å². The molecule has 1 aliphatic rings. The van der Waals surface area contributed by atoms with Gasteiger partial charge in [-0.2, -0.15) is 0 Å². The molecule has 0 spiro atoms. The van der Waals surface area contributed by atoms with E-state index < -0.39 is 0 Å². The van der Waals surface area contributed by atoms with Crippen LogP contribution in [-0.4, -0.2) is 0 Å². The van der Waals surface area contributed by atoms with Crippen LogP contribution in [0.4, 0.5) is 28.4 Å². The molecule has 9 aromatic rings. The lowest BCUT2D eigenvalue weighted by Crippen LogP contribution is -2.20. The zero-order valence-electron chi connectivity index (χ0n) is 34.5. The molecule has 58 heavy (non-hydrogen) atoms. The van der Waals surface area contributed by atoms with Crippen molar-refractivity contribution < 1.29 is 0 Å². The summed E-state index contributed by atoms with van der Waals surface area (Å²) in [5.74, 6) is 0. The SMILES string of the molecule is CC(C)(C)C1=CC=C(N(c2ccc3ccccc3c2)c2ccc3ccc4c(N(c5ccc(C(C)(C)C)cc5)c5ccc6ccccc6c5)ccc5ccc2c3c54)CC1. The molecule has 1 aliphatic carbocycles. The number of benzene rings is 9. The van der Waals surface area contributed by atoms with Crippen molar-refractivity contribution in [1.82, 2.24) is 0 Å².